The highest BCUT2D eigenvalue weighted by Gasteiger charge is 2.60. The second kappa shape index (κ2) is 22.3. The molecule has 79 heavy (non-hydrogen) atoms. The molecule has 4 fully saturated rings. The summed E-state index contributed by atoms with van der Waals surface area (Å²) in [7, 11) is 0. The number of aromatic nitrogens is 10. The van der Waals surface area contributed by atoms with Gasteiger partial charge in [-0.15, -0.1) is 5.10 Å². The van der Waals surface area contributed by atoms with Crippen molar-refractivity contribution in [1.29, 1.82) is 0 Å². The van der Waals surface area contributed by atoms with E-state index in [0.717, 1.165) is 44.9 Å². The first kappa shape index (κ1) is 55.2. The maximum absolute atomic E-state index is 14.6. The first-order valence-corrected chi connectivity index (χ1v) is 27.2. The third-order valence-corrected chi connectivity index (χ3v) is 17.1. The van der Waals surface area contributed by atoms with E-state index in [-0.39, 0.29) is 59.5 Å². The average molecular weight is 1160 g/mol. The number of anilines is 2. The second-order valence-electron chi connectivity index (χ2n) is 21.4. The number of nitrogens with zero attached hydrogens (tertiary/aromatic N) is 10. The van der Waals surface area contributed by atoms with Gasteiger partial charge < -0.3 is 35.1 Å². The Morgan fingerprint density at radius 1 is 0.949 bits per heavy atom. The van der Waals surface area contributed by atoms with Gasteiger partial charge in [0, 0.05) is 40.5 Å². The number of benzene rings is 1. The Hall–Kier alpha value is -5.73. The minimum atomic E-state index is -4.77. The predicted molar refractivity (Wildman–Crippen MR) is 276 cm³/mol. The van der Waals surface area contributed by atoms with Crippen molar-refractivity contribution < 1.29 is 51.2 Å². The summed E-state index contributed by atoms with van der Waals surface area (Å²) in [5.74, 6) is -0.319. The van der Waals surface area contributed by atoms with Crippen LogP contribution in [0.3, 0.4) is 0 Å². The molecular weight excluding hydrogens is 1110 g/mol. The van der Waals surface area contributed by atoms with E-state index < -0.39 is 71.1 Å². The van der Waals surface area contributed by atoms with Crippen molar-refractivity contribution in [2.24, 2.45) is 29.6 Å². The highest BCUT2D eigenvalue weighted by molar-refractivity contribution is 6.31. The Morgan fingerprint density at radius 2 is 1.73 bits per heavy atom. The lowest BCUT2D eigenvalue weighted by Crippen LogP contribution is -2.64. The van der Waals surface area contributed by atoms with E-state index in [0.29, 0.717) is 75.2 Å². The molecule has 0 radical (unpaired) electrons. The summed E-state index contributed by atoms with van der Waals surface area (Å²) in [5, 5.41) is 39.8. The van der Waals surface area contributed by atoms with Crippen LogP contribution in [-0.2, 0) is 25.2 Å². The van der Waals surface area contributed by atoms with Gasteiger partial charge in [-0.3, -0.25) is 19.1 Å². The van der Waals surface area contributed by atoms with Crippen LogP contribution in [0.5, 0.6) is 0 Å². The summed E-state index contributed by atoms with van der Waals surface area (Å²) in [5.41, 5.74) is -0.814. The molecule has 5 unspecified atom stereocenters. The quantitative estimate of drug-likeness (QED) is 0.0624. The number of carbonyl (C=O) groups excluding carboxylic acids is 1. The second-order valence-corrected chi connectivity index (χ2v) is 22.6. The zero-order chi connectivity index (χ0) is 55.5. The maximum atomic E-state index is 14.6. The number of hydrogen-bond acceptors (Lipinski definition) is 15. The number of hydrogen-bond donors (Lipinski definition) is 4. The molecule has 4 N–H and O–H groups in total. The molecule has 420 valence electrons. The number of aliphatic hydroxyl groups is 2. The fraction of sp³-hybridized carbons (Fsp3) is 0.519. The van der Waals surface area contributed by atoms with Crippen LogP contribution in [0.4, 0.5) is 33.6 Å². The number of fused-ring (bicyclic) bond motifs is 6. The highest BCUT2D eigenvalue weighted by Crippen LogP contribution is 2.46. The van der Waals surface area contributed by atoms with E-state index in [4.69, 9.17) is 59.0 Å². The number of rotatable bonds is 13. The van der Waals surface area contributed by atoms with Crippen molar-refractivity contribution in [3.8, 4) is 28.2 Å². The summed E-state index contributed by atoms with van der Waals surface area (Å²) < 4.78 is 90.6. The van der Waals surface area contributed by atoms with E-state index in [1.54, 1.807) is 30.3 Å². The summed E-state index contributed by atoms with van der Waals surface area (Å²) in [6, 6.07) is 7.79. The molecule has 5 aromatic heterocycles. The third kappa shape index (κ3) is 11.4. The van der Waals surface area contributed by atoms with Gasteiger partial charge in [0.2, 0.25) is 11.9 Å². The minimum absolute atomic E-state index is 0.000930. The van der Waals surface area contributed by atoms with Crippen molar-refractivity contribution in [1.82, 2.24) is 49.3 Å². The molecule has 1 amide bonds. The molecule has 11 rings (SSSR count). The van der Waals surface area contributed by atoms with Gasteiger partial charge in [-0.2, -0.15) is 27.1 Å². The molecule has 0 spiro atoms. The van der Waals surface area contributed by atoms with Crippen molar-refractivity contribution in [3.05, 3.63) is 104 Å². The topological polar surface area (TPSA) is 231 Å². The van der Waals surface area contributed by atoms with Gasteiger partial charge in [-0.25, -0.2) is 24.3 Å². The molecule has 6 aromatic rings. The van der Waals surface area contributed by atoms with E-state index in [1.165, 1.54) is 40.2 Å². The van der Waals surface area contributed by atoms with Gasteiger partial charge in [-0.05, 0) is 105 Å². The lowest BCUT2D eigenvalue weighted by Gasteiger charge is -2.43. The number of halogens is 8. The monoisotopic (exact) mass is 1160 g/mol. The van der Waals surface area contributed by atoms with Crippen LogP contribution < -0.4 is 16.2 Å². The Kier molecular flexibility index (Phi) is 15.6. The fourth-order valence-corrected chi connectivity index (χ4v) is 12.9. The molecule has 19 nitrogen and oxygen atoms in total. The van der Waals surface area contributed by atoms with Crippen molar-refractivity contribution in [3.63, 3.8) is 0 Å². The number of amides is 1. The number of ether oxygens (including phenoxy) is 3. The molecule has 5 aliphatic rings. The lowest BCUT2D eigenvalue weighted by molar-refractivity contribution is -0.233. The van der Waals surface area contributed by atoms with Crippen LogP contribution in [0.15, 0.2) is 72.3 Å². The largest absolute Gasteiger partial charge is 0.420 e. The molecule has 2 aliphatic carbocycles. The predicted octanol–water partition coefficient (Wildman–Crippen LogP) is 9.20. The molecular formula is C52H54Cl3F5N12O7. The molecule has 2 saturated carbocycles. The summed E-state index contributed by atoms with van der Waals surface area (Å²) in [6.07, 6.45) is 5.17. The van der Waals surface area contributed by atoms with Crippen LogP contribution in [0, 0.1) is 29.6 Å². The van der Waals surface area contributed by atoms with E-state index in [9.17, 15) is 41.8 Å². The van der Waals surface area contributed by atoms with Crippen LogP contribution in [0.25, 0.3) is 28.2 Å². The van der Waals surface area contributed by atoms with Gasteiger partial charge >= 0.3 is 12.7 Å². The zero-order valence-corrected chi connectivity index (χ0v) is 44.5. The van der Waals surface area contributed by atoms with E-state index >= 15 is 0 Å². The third-order valence-electron chi connectivity index (χ3n) is 16.4. The fourth-order valence-electron chi connectivity index (χ4n) is 12.3. The SMILES string of the molecule is C[C@H]1C(=O)Nc2cnn(C(F)F)c2-c2ccnc(c2)[C@@H](n2cnc(-c3cc(Cl)ccc3-n3cc(Cl)nn3)cc2=O)CCC1CC1CCC(CC2CCC(OC[C@@]34CO[C@@H](O3)[C@H](Nc3ncc(C(F)(F)F)c(Cl)n3)[C@@H](O)[C@H]4O)C2)C1. The standard InChI is InChI=1S/C52H54Cl3F5N12O7/c1-25-29(14-27-3-2-26(12-27)13-28-4-7-32(15-28)77-22-51-23-78-48(79-51)42(44(74)45(51)75)66-50-62-19-34(46(55)67-50)52(58,59)60)5-8-39(36-16-30(10-11-61-36)43-37(65-47(25)76)20-64-72(43)49(56)57)70-24-63-35(18-41(70)73)33-17-31(53)6-9-38(33)71-21-40(54)68-69-71/h6,9-11,16-21,24-29,32,39,42,44-45,48-49,74-75H,2-5,7-8,12-15,22-23H2,1H3,(H,65,76)(H,62,66,67)/t25-,26?,27?,28?,29?,32?,39+,42-,44-,45-,48+,51+/m1/s1. The number of aliphatic hydroxyl groups excluding tert-OH is 2. The number of alkyl halides is 5. The van der Waals surface area contributed by atoms with Gasteiger partial charge in [0.15, 0.2) is 11.4 Å². The summed E-state index contributed by atoms with van der Waals surface area (Å²) in [4.78, 5) is 45.5. The number of pyridine rings is 1. The van der Waals surface area contributed by atoms with Gasteiger partial charge in [0.05, 0.1) is 72.5 Å². The van der Waals surface area contributed by atoms with Crippen LogP contribution in [-0.4, -0.2) is 115 Å². The summed E-state index contributed by atoms with van der Waals surface area (Å²) in [6.45, 7) is -1.33. The smallest absolute Gasteiger partial charge is 0.388 e. The van der Waals surface area contributed by atoms with Gasteiger partial charge in [0.1, 0.15) is 34.6 Å². The number of nitrogens with one attached hydrogen (secondary N) is 2. The highest BCUT2D eigenvalue weighted by atomic mass is 35.5. The zero-order valence-electron chi connectivity index (χ0n) is 42.2. The molecule has 2 saturated heterocycles. The number of carbonyl (C=O) groups is 1. The molecule has 27 heteroatoms. The molecule has 1 aromatic carbocycles. The average Bonchev–Trinajstić information content (AvgIpc) is 4.51. The van der Waals surface area contributed by atoms with Gasteiger partial charge in [0.25, 0.3) is 5.56 Å². The Balaban J connectivity index is 0.756. The van der Waals surface area contributed by atoms with Gasteiger partial charge in [-0.1, -0.05) is 59.8 Å². The lowest BCUT2D eigenvalue weighted by atomic mass is 9.79. The normalized spacial score (nSPS) is 29.1. The van der Waals surface area contributed by atoms with Crippen LogP contribution in [0.1, 0.15) is 95.0 Å². The van der Waals surface area contributed by atoms with Crippen molar-refractivity contribution in [2.75, 3.05) is 23.8 Å². The van der Waals surface area contributed by atoms with Crippen LogP contribution >= 0.6 is 34.8 Å². The minimum Gasteiger partial charge on any atom is -0.388 e. The first-order valence-electron chi connectivity index (χ1n) is 26.0. The Labute approximate surface area is 463 Å². The first-order chi connectivity index (χ1) is 37.8. The molecule has 3 aliphatic heterocycles. The van der Waals surface area contributed by atoms with Crippen molar-refractivity contribution in [2.45, 2.75) is 126 Å². The molecule has 8 heterocycles. The van der Waals surface area contributed by atoms with E-state index in [2.05, 4.69) is 36.0 Å². The molecule has 4 bridgehead atoms. The summed E-state index contributed by atoms with van der Waals surface area (Å²) >= 11 is 18.3. The Bertz CT molecular complexity index is 3280. The van der Waals surface area contributed by atoms with Crippen LogP contribution in [0.2, 0.25) is 15.3 Å². The van der Waals surface area contributed by atoms with E-state index in [1.807, 2.05) is 6.92 Å². The maximum Gasteiger partial charge on any atom is 0.420 e. The molecule has 12 atom stereocenters. The van der Waals surface area contributed by atoms with Crippen molar-refractivity contribution >= 4 is 52.3 Å². The Morgan fingerprint density at radius 3 is 2.48 bits per heavy atom.